The Balaban J connectivity index is 2.58. The van der Waals surface area contributed by atoms with E-state index in [9.17, 15) is 13.2 Å². The fraction of sp³-hybridized carbons (Fsp3) is 0.714. The van der Waals surface area contributed by atoms with Crippen molar-refractivity contribution in [3.63, 3.8) is 0 Å². The van der Waals surface area contributed by atoms with Gasteiger partial charge in [-0.1, -0.05) is 11.4 Å². The number of nitrogen functional groups attached to an aromatic ring is 1. The van der Waals surface area contributed by atoms with E-state index < -0.39 is 12.7 Å². The van der Waals surface area contributed by atoms with Gasteiger partial charge in [0.15, 0.2) is 0 Å². The van der Waals surface area contributed by atoms with Crippen molar-refractivity contribution in [3.05, 3.63) is 5.69 Å². The van der Waals surface area contributed by atoms with Crippen LogP contribution >= 0.6 is 11.5 Å². The quantitative estimate of drug-likeness (QED) is 0.866. The van der Waals surface area contributed by atoms with Crippen LogP contribution in [0.2, 0.25) is 0 Å². The molecule has 0 aromatic carbocycles. The topological polar surface area (TPSA) is 55.0 Å². The van der Waals surface area contributed by atoms with Gasteiger partial charge in [0, 0.05) is 18.1 Å². The Morgan fingerprint density at radius 1 is 1.47 bits per heavy atom. The first-order chi connectivity index (χ1) is 6.92. The summed E-state index contributed by atoms with van der Waals surface area (Å²) in [7, 11) is 0. The number of alkyl halides is 3. The van der Waals surface area contributed by atoms with Gasteiger partial charge in [-0.15, -0.1) is 5.10 Å². The molecule has 0 atom stereocenters. The molecule has 0 unspecified atom stereocenters. The van der Waals surface area contributed by atoms with Crippen LogP contribution in [0.25, 0.3) is 0 Å². The molecular weight excluding hydrogens is 229 g/mol. The Kier molecular flexibility index (Phi) is 3.86. The monoisotopic (exact) mass is 240 g/mol. The third kappa shape index (κ3) is 4.00. The summed E-state index contributed by atoms with van der Waals surface area (Å²) in [6.07, 6.45) is -4.20. The first kappa shape index (κ1) is 12.2. The van der Waals surface area contributed by atoms with Crippen LogP contribution in [-0.4, -0.2) is 33.8 Å². The van der Waals surface area contributed by atoms with Crippen molar-refractivity contribution in [1.29, 1.82) is 0 Å². The molecule has 4 nitrogen and oxygen atoms in total. The van der Waals surface area contributed by atoms with Gasteiger partial charge < -0.3 is 5.73 Å². The molecule has 2 N–H and O–H groups in total. The van der Waals surface area contributed by atoms with Crippen molar-refractivity contribution in [2.45, 2.75) is 19.6 Å². The lowest BCUT2D eigenvalue weighted by Crippen LogP contribution is -2.33. The third-order valence-electron chi connectivity index (χ3n) is 1.81. The Bertz CT molecular complexity index is 311. The number of nitrogens with two attached hydrogens (primary N) is 1. The lowest BCUT2D eigenvalue weighted by molar-refractivity contribution is -0.146. The number of nitrogens with zero attached hydrogens (tertiary/aromatic N) is 3. The zero-order valence-corrected chi connectivity index (χ0v) is 8.90. The molecule has 0 radical (unpaired) electrons. The summed E-state index contributed by atoms with van der Waals surface area (Å²) in [4.78, 5) is 1.22. The molecule has 0 bridgehead atoms. The minimum Gasteiger partial charge on any atom is -0.388 e. The Morgan fingerprint density at radius 3 is 2.53 bits per heavy atom. The van der Waals surface area contributed by atoms with Crippen molar-refractivity contribution >= 4 is 16.5 Å². The molecule has 86 valence electrons. The van der Waals surface area contributed by atoms with Gasteiger partial charge in [0.1, 0.15) is 10.7 Å². The second-order valence-electron chi connectivity index (χ2n) is 3.00. The second kappa shape index (κ2) is 4.75. The summed E-state index contributed by atoms with van der Waals surface area (Å²) in [5.41, 5.74) is 5.90. The maximum absolute atomic E-state index is 12.1. The minimum atomic E-state index is -4.20. The summed E-state index contributed by atoms with van der Waals surface area (Å²) in [5.74, 6) is 0. The van der Waals surface area contributed by atoms with E-state index >= 15 is 0 Å². The maximum Gasteiger partial charge on any atom is 0.401 e. The summed E-state index contributed by atoms with van der Waals surface area (Å²) in [6, 6.07) is 0. The Hall–Kier alpha value is -0.890. The number of hydrogen-bond donors (Lipinski definition) is 1. The molecule has 1 aromatic heterocycles. The summed E-state index contributed by atoms with van der Waals surface area (Å²) >= 11 is 0.984. The molecule has 0 amide bonds. The fourth-order valence-electron chi connectivity index (χ4n) is 1.07. The van der Waals surface area contributed by atoms with Crippen LogP contribution in [0.15, 0.2) is 0 Å². The zero-order valence-electron chi connectivity index (χ0n) is 8.08. The zero-order chi connectivity index (χ0) is 11.5. The van der Waals surface area contributed by atoms with Crippen LogP contribution in [-0.2, 0) is 6.54 Å². The number of aromatic nitrogens is 2. The average Bonchev–Trinajstić information content (AvgIpc) is 2.48. The van der Waals surface area contributed by atoms with E-state index in [1.165, 1.54) is 4.90 Å². The van der Waals surface area contributed by atoms with Gasteiger partial charge in [0.25, 0.3) is 0 Å². The molecule has 0 spiro atoms. The lowest BCUT2D eigenvalue weighted by atomic mass is 10.4. The van der Waals surface area contributed by atoms with Gasteiger partial charge in [-0.2, -0.15) is 13.2 Å². The maximum atomic E-state index is 12.1. The standard InChI is InChI=1S/C7H11F3N4S/c1-2-14(4-7(8,9)10)3-5-6(11)15-13-12-5/h2-4,11H2,1H3. The molecule has 0 aliphatic rings. The Morgan fingerprint density at radius 2 is 2.13 bits per heavy atom. The highest BCUT2D eigenvalue weighted by molar-refractivity contribution is 7.09. The molecule has 1 aromatic rings. The molecule has 0 saturated heterocycles. The number of anilines is 1. The van der Waals surface area contributed by atoms with E-state index in [0.29, 0.717) is 10.7 Å². The molecular formula is C7H11F3N4S. The van der Waals surface area contributed by atoms with Crippen LogP contribution in [0, 0.1) is 0 Å². The van der Waals surface area contributed by atoms with Gasteiger partial charge in [-0.25, -0.2) is 0 Å². The molecule has 0 fully saturated rings. The number of rotatable bonds is 4. The van der Waals surface area contributed by atoms with Gasteiger partial charge in [0.05, 0.1) is 6.54 Å². The molecule has 1 heterocycles. The Labute approximate surface area is 89.0 Å². The normalized spacial score (nSPS) is 12.3. The van der Waals surface area contributed by atoms with Gasteiger partial charge in [-0.3, -0.25) is 4.90 Å². The first-order valence-electron chi connectivity index (χ1n) is 4.28. The van der Waals surface area contributed by atoms with E-state index in [4.69, 9.17) is 5.73 Å². The summed E-state index contributed by atoms with van der Waals surface area (Å²) in [6.45, 7) is 1.07. The highest BCUT2D eigenvalue weighted by Gasteiger charge is 2.30. The van der Waals surface area contributed by atoms with Gasteiger partial charge in [0.2, 0.25) is 0 Å². The van der Waals surface area contributed by atoms with Gasteiger partial charge >= 0.3 is 6.18 Å². The molecule has 0 saturated carbocycles. The SMILES string of the molecule is CCN(Cc1nnsc1N)CC(F)(F)F. The molecule has 0 aliphatic carbocycles. The minimum absolute atomic E-state index is 0.0817. The van der Waals surface area contributed by atoms with Crippen molar-refractivity contribution in [1.82, 2.24) is 14.5 Å². The number of hydrogen-bond acceptors (Lipinski definition) is 5. The highest BCUT2D eigenvalue weighted by Crippen LogP contribution is 2.20. The number of halogens is 3. The molecule has 15 heavy (non-hydrogen) atoms. The van der Waals surface area contributed by atoms with Gasteiger partial charge in [-0.05, 0) is 6.54 Å². The van der Waals surface area contributed by atoms with Crippen LogP contribution in [0.1, 0.15) is 12.6 Å². The largest absolute Gasteiger partial charge is 0.401 e. The van der Waals surface area contributed by atoms with Crippen molar-refractivity contribution in [2.24, 2.45) is 0 Å². The predicted octanol–water partition coefficient (Wildman–Crippen LogP) is 1.50. The second-order valence-corrected chi connectivity index (χ2v) is 3.79. The van der Waals surface area contributed by atoms with Crippen molar-refractivity contribution in [2.75, 3.05) is 18.8 Å². The van der Waals surface area contributed by atoms with Crippen LogP contribution < -0.4 is 5.73 Å². The van der Waals surface area contributed by atoms with E-state index in [1.807, 2.05) is 0 Å². The summed E-state index contributed by atoms with van der Waals surface area (Å²) < 4.78 is 39.9. The van der Waals surface area contributed by atoms with E-state index in [0.717, 1.165) is 11.5 Å². The van der Waals surface area contributed by atoms with Crippen LogP contribution in [0.5, 0.6) is 0 Å². The summed E-state index contributed by atoms with van der Waals surface area (Å²) in [5, 5.41) is 4.04. The van der Waals surface area contributed by atoms with E-state index in [1.54, 1.807) is 6.92 Å². The van der Waals surface area contributed by atoms with Crippen LogP contribution in [0.4, 0.5) is 18.2 Å². The van der Waals surface area contributed by atoms with Crippen LogP contribution in [0.3, 0.4) is 0 Å². The lowest BCUT2D eigenvalue weighted by Gasteiger charge is -2.20. The molecule has 8 heteroatoms. The first-order valence-corrected chi connectivity index (χ1v) is 5.05. The van der Waals surface area contributed by atoms with E-state index in [-0.39, 0.29) is 13.1 Å². The van der Waals surface area contributed by atoms with Crippen molar-refractivity contribution in [3.8, 4) is 0 Å². The molecule has 1 rings (SSSR count). The fourth-order valence-corrected chi connectivity index (χ4v) is 1.51. The van der Waals surface area contributed by atoms with Crippen molar-refractivity contribution < 1.29 is 13.2 Å². The predicted molar refractivity (Wildman–Crippen MR) is 51.3 cm³/mol. The van der Waals surface area contributed by atoms with E-state index in [2.05, 4.69) is 9.59 Å². The smallest absolute Gasteiger partial charge is 0.388 e. The highest BCUT2D eigenvalue weighted by atomic mass is 32.1. The third-order valence-corrected chi connectivity index (χ3v) is 2.40. The average molecular weight is 240 g/mol. The molecule has 0 aliphatic heterocycles.